The van der Waals surface area contributed by atoms with Gasteiger partial charge < -0.3 is 10.2 Å². The summed E-state index contributed by atoms with van der Waals surface area (Å²) in [5, 5.41) is 3.09. The highest BCUT2D eigenvalue weighted by Crippen LogP contribution is 2.23. The molecule has 1 aromatic rings. The summed E-state index contributed by atoms with van der Waals surface area (Å²) in [6.07, 6.45) is 3.72. The number of nitrogens with zero attached hydrogens (tertiary/aromatic N) is 3. The van der Waals surface area contributed by atoms with Gasteiger partial charge in [-0.3, -0.25) is 0 Å². The largest absolute Gasteiger partial charge is 0.357 e. The Bertz CT molecular complexity index is 413. The molecule has 5 nitrogen and oxygen atoms in total. The molecule has 0 bridgehead atoms. The summed E-state index contributed by atoms with van der Waals surface area (Å²) in [6, 6.07) is -3.66. The van der Waals surface area contributed by atoms with E-state index in [0.29, 0.717) is 5.54 Å². The Morgan fingerprint density at radius 3 is 2.38 bits per heavy atom. The molecule has 0 saturated carbocycles. The molecule has 0 aliphatic heterocycles. The van der Waals surface area contributed by atoms with Gasteiger partial charge in [0.25, 0.3) is 0 Å². The molecule has 0 spiro atoms. The fraction of sp³-hybridized carbons (Fsp3) is 0.692. The van der Waals surface area contributed by atoms with Crippen LogP contribution in [0.15, 0.2) is 12.4 Å². The lowest BCUT2D eigenvalue weighted by Gasteiger charge is -2.23. The highest BCUT2D eigenvalue weighted by molar-refractivity contribution is 5.27. The first kappa shape index (κ1) is 17.6. The van der Waals surface area contributed by atoms with Crippen LogP contribution < -0.4 is 10.9 Å². The molecular formula is C13H22F3N5. The minimum Gasteiger partial charge on any atom is -0.350 e. The molecule has 120 valence electrons. The third-order valence-electron chi connectivity index (χ3n) is 3.10. The van der Waals surface area contributed by atoms with E-state index < -0.39 is 11.6 Å². The van der Waals surface area contributed by atoms with Gasteiger partial charge in [-0.25, -0.2) is 9.97 Å². The Hall–Kier alpha value is -1.41. The van der Waals surface area contributed by atoms with E-state index in [1.165, 1.54) is 0 Å². The van der Waals surface area contributed by atoms with Gasteiger partial charge in [0.15, 0.2) is 0 Å². The maximum Gasteiger partial charge on any atom is 0.357 e. The predicted octanol–water partition coefficient (Wildman–Crippen LogP) is 2.53. The van der Waals surface area contributed by atoms with E-state index in [4.69, 9.17) is 0 Å². The second-order valence-electron chi connectivity index (χ2n) is 4.98. The fourth-order valence-corrected chi connectivity index (χ4v) is 1.93. The SMILES string of the molecule is CCCN(C)CC(CC)Nc1ncc(C(F)(F)NF)cn1. The number of anilines is 1. The van der Waals surface area contributed by atoms with Crippen LogP contribution in [0.25, 0.3) is 0 Å². The number of nitrogens with one attached hydrogen (secondary N) is 2. The van der Waals surface area contributed by atoms with Crippen LogP contribution in [0.3, 0.4) is 0 Å². The van der Waals surface area contributed by atoms with Crippen LogP contribution in [0.5, 0.6) is 0 Å². The summed E-state index contributed by atoms with van der Waals surface area (Å²) in [7, 11) is 2.02. The molecule has 8 heteroatoms. The number of alkyl halides is 2. The molecule has 0 aliphatic rings. The second-order valence-corrected chi connectivity index (χ2v) is 4.98. The smallest absolute Gasteiger partial charge is 0.350 e. The zero-order valence-electron chi connectivity index (χ0n) is 12.5. The van der Waals surface area contributed by atoms with Gasteiger partial charge in [0, 0.05) is 25.0 Å². The average Bonchev–Trinajstić information content (AvgIpc) is 2.47. The number of rotatable bonds is 9. The maximum atomic E-state index is 13.0. The van der Waals surface area contributed by atoms with Crippen molar-refractivity contribution in [2.75, 3.05) is 25.5 Å². The van der Waals surface area contributed by atoms with Crippen LogP contribution in [0.4, 0.5) is 19.2 Å². The Balaban J connectivity index is 2.65. The summed E-state index contributed by atoms with van der Waals surface area (Å²) in [5.74, 6) is 0.255. The quantitative estimate of drug-likeness (QED) is 0.542. The lowest BCUT2D eigenvalue weighted by Crippen LogP contribution is -2.35. The summed E-state index contributed by atoms with van der Waals surface area (Å²) < 4.78 is 38.0. The molecule has 0 aliphatic carbocycles. The normalized spacial score (nSPS) is 13.5. The molecule has 1 aromatic heterocycles. The topological polar surface area (TPSA) is 53.1 Å². The standard InChI is InChI=1S/C13H22F3N5/c1-4-6-21(3)9-11(5-2)19-12-17-7-10(8-18-12)13(14,15)20-16/h7-8,11,20H,4-6,9H2,1-3H3,(H,17,18,19). The molecule has 0 radical (unpaired) electrons. The third-order valence-corrected chi connectivity index (χ3v) is 3.10. The Morgan fingerprint density at radius 1 is 1.29 bits per heavy atom. The highest BCUT2D eigenvalue weighted by Gasteiger charge is 2.32. The first-order chi connectivity index (χ1) is 9.92. The van der Waals surface area contributed by atoms with Crippen molar-refractivity contribution in [2.45, 2.75) is 38.8 Å². The van der Waals surface area contributed by atoms with Crippen molar-refractivity contribution in [1.29, 1.82) is 0 Å². The number of aromatic nitrogens is 2. The van der Waals surface area contributed by atoms with E-state index >= 15 is 0 Å². The number of halogens is 3. The molecule has 1 unspecified atom stereocenters. The van der Waals surface area contributed by atoms with Gasteiger partial charge in [-0.2, -0.15) is 8.78 Å². The summed E-state index contributed by atoms with van der Waals surface area (Å²) in [6.45, 7) is 5.91. The number of hydrogen-bond acceptors (Lipinski definition) is 5. The minimum atomic E-state index is -3.77. The molecule has 0 aromatic carbocycles. The monoisotopic (exact) mass is 305 g/mol. The Labute approximate surface area is 122 Å². The van der Waals surface area contributed by atoms with Crippen LogP contribution in [0, 0.1) is 0 Å². The molecule has 1 rings (SSSR count). The van der Waals surface area contributed by atoms with Crippen LogP contribution in [-0.2, 0) is 6.05 Å². The molecule has 2 N–H and O–H groups in total. The van der Waals surface area contributed by atoms with Gasteiger partial charge in [-0.1, -0.05) is 19.4 Å². The van der Waals surface area contributed by atoms with E-state index in [9.17, 15) is 13.3 Å². The van der Waals surface area contributed by atoms with Gasteiger partial charge in [0.1, 0.15) is 0 Å². The van der Waals surface area contributed by atoms with Crippen molar-refractivity contribution in [2.24, 2.45) is 0 Å². The highest BCUT2D eigenvalue weighted by atomic mass is 19.3. The molecule has 1 heterocycles. The zero-order chi connectivity index (χ0) is 15.9. The van der Waals surface area contributed by atoms with E-state index in [-0.39, 0.29) is 12.0 Å². The Morgan fingerprint density at radius 2 is 1.90 bits per heavy atom. The van der Waals surface area contributed by atoms with Crippen LogP contribution in [-0.4, -0.2) is 41.0 Å². The summed E-state index contributed by atoms with van der Waals surface area (Å²) in [4.78, 5) is 9.79. The first-order valence-corrected chi connectivity index (χ1v) is 6.96. The minimum absolute atomic E-state index is 0.118. The predicted molar refractivity (Wildman–Crippen MR) is 75.7 cm³/mol. The summed E-state index contributed by atoms with van der Waals surface area (Å²) >= 11 is 0. The van der Waals surface area contributed by atoms with Crippen molar-refractivity contribution in [3.05, 3.63) is 18.0 Å². The molecule has 0 fully saturated rings. The molecule has 0 saturated heterocycles. The number of hydrogen-bond donors (Lipinski definition) is 2. The van der Waals surface area contributed by atoms with Crippen LogP contribution in [0.1, 0.15) is 32.3 Å². The average molecular weight is 305 g/mol. The van der Waals surface area contributed by atoms with E-state index in [1.54, 1.807) is 0 Å². The lowest BCUT2D eigenvalue weighted by atomic mass is 10.2. The van der Waals surface area contributed by atoms with Crippen molar-refractivity contribution in [3.63, 3.8) is 0 Å². The van der Waals surface area contributed by atoms with Crippen molar-refractivity contribution >= 4 is 5.95 Å². The maximum absolute atomic E-state index is 13.0. The summed E-state index contributed by atoms with van der Waals surface area (Å²) in [5.41, 5.74) is -0.190. The molecular weight excluding hydrogens is 283 g/mol. The number of likely N-dealkylation sites (N-methyl/N-ethyl adjacent to an activating group) is 1. The van der Waals surface area contributed by atoms with Gasteiger partial charge in [0.2, 0.25) is 5.95 Å². The Kier molecular flexibility index (Phi) is 6.83. The van der Waals surface area contributed by atoms with Crippen molar-refractivity contribution in [1.82, 2.24) is 20.4 Å². The van der Waals surface area contributed by atoms with Crippen molar-refractivity contribution < 1.29 is 13.3 Å². The van der Waals surface area contributed by atoms with Gasteiger partial charge >= 0.3 is 6.05 Å². The van der Waals surface area contributed by atoms with Crippen LogP contribution in [0.2, 0.25) is 0 Å². The molecule has 1 atom stereocenters. The van der Waals surface area contributed by atoms with Gasteiger partial charge in [-0.15, -0.1) is 4.48 Å². The van der Waals surface area contributed by atoms with E-state index in [1.807, 2.05) is 14.0 Å². The van der Waals surface area contributed by atoms with E-state index in [0.717, 1.165) is 38.3 Å². The third kappa shape index (κ3) is 5.47. The fourth-order valence-electron chi connectivity index (χ4n) is 1.93. The van der Waals surface area contributed by atoms with Gasteiger partial charge in [-0.05, 0) is 26.4 Å². The molecule has 21 heavy (non-hydrogen) atoms. The van der Waals surface area contributed by atoms with Crippen molar-refractivity contribution in [3.8, 4) is 0 Å². The lowest BCUT2D eigenvalue weighted by molar-refractivity contribution is -0.0946. The first-order valence-electron chi connectivity index (χ1n) is 6.96. The van der Waals surface area contributed by atoms with Crippen LogP contribution >= 0.6 is 0 Å². The molecule has 0 amide bonds. The second kappa shape index (κ2) is 8.14. The van der Waals surface area contributed by atoms with E-state index in [2.05, 4.69) is 27.1 Å². The zero-order valence-corrected chi connectivity index (χ0v) is 12.5. The van der Waals surface area contributed by atoms with Gasteiger partial charge in [0.05, 0.1) is 5.56 Å².